The molecule has 0 saturated carbocycles. The molecule has 0 heterocycles. The van der Waals surface area contributed by atoms with Crippen molar-refractivity contribution in [1.29, 1.82) is 0 Å². The third-order valence-corrected chi connectivity index (χ3v) is 1.28. The second-order valence-corrected chi connectivity index (χ2v) is 2.02. The summed E-state index contributed by atoms with van der Waals surface area (Å²) in [6.07, 6.45) is 0.987. The zero-order valence-corrected chi connectivity index (χ0v) is 12.3. The molecule has 0 aliphatic heterocycles. The van der Waals surface area contributed by atoms with Crippen LogP contribution in [0.15, 0.2) is 30.3 Å². The molecule has 0 aliphatic carbocycles. The summed E-state index contributed by atoms with van der Waals surface area (Å²) in [6.45, 7) is 0.740. The number of rotatable bonds is 2. The minimum absolute atomic E-state index is 0. The number of halogens is 1. The molecule has 0 saturated heterocycles. The minimum Gasteiger partial charge on any atom is -0.330 e. The Hall–Kier alpha value is 0.832. The molecule has 1 nitrogen and oxygen atoms in total. The van der Waals surface area contributed by atoms with Gasteiger partial charge in [0, 0.05) is 51.3 Å². The molecule has 0 spiro atoms. The normalized spacial score (nSPS) is 7.73. The van der Waals surface area contributed by atoms with Gasteiger partial charge in [-0.3, -0.25) is 0 Å². The van der Waals surface area contributed by atoms with Gasteiger partial charge >= 0.3 is 0 Å². The Morgan fingerprint density at radius 2 is 1.64 bits per heavy atom. The molecule has 5 radical (unpaired) electrons. The van der Waals surface area contributed by atoms with Crippen molar-refractivity contribution in [2.75, 3.05) is 6.54 Å². The Morgan fingerprint density at radius 1 is 1.09 bits per heavy atom. The molecule has 0 unspecified atom stereocenters. The van der Waals surface area contributed by atoms with Crippen LogP contribution < -0.4 is 5.73 Å². The first-order valence-corrected chi connectivity index (χ1v) is 3.17. The SMILES string of the molecule is NCCc1ccccc1.[I].[Pb]. The van der Waals surface area contributed by atoms with E-state index in [2.05, 4.69) is 12.1 Å². The number of hydrogen-bond donors (Lipinski definition) is 1. The Balaban J connectivity index is 0. The van der Waals surface area contributed by atoms with Crippen molar-refractivity contribution in [3.05, 3.63) is 35.9 Å². The van der Waals surface area contributed by atoms with Crippen LogP contribution in [0.4, 0.5) is 0 Å². The maximum atomic E-state index is 5.36. The van der Waals surface area contributed by atoms with Crippen LogP contribution in [0.1, 0.15) is 5.56 Å². The number of nitrogens with two attached hydrogens (primary N) is 1. The van der Waals surface area contributed by atoms with Gasteiger partial charge in [0.2, 0.25) is 0 Å². The number of hydrogen-bond acceptors (Lipinski definition) is 1. The van der Waals surface area contributed by atoms with E-state index < -0.39 is 0 Å². The topological polar surface area (TPSA) is 26.0 Å². The fourth-order valence-electron chi connectivity index (χ4n) is 0.811. The van der Waals surface area contributed by atoms with Crippen molar-refractivity contribution in [3.8, 4) is 0 Å². The maximum Gasteiger partial charge on any atom is 0 e. The largest absolute Gasteiger partial charge is 0.330 e. The third kappa shape index (κ3) is 6.04. The van der Waals surface area contributed by atoms with Gasteiger partial charge < -0.3 is 5.73 Å². The van der Waals surface area contributed by atoms with E-state index in [9.17, 15) is 0 Å². The van der Waals surface area contributed by atoms with Crippen molar-refractivity contribution in [3.63, 3.8) is 0 Å². The molecular weight excluding hydrogens is 444 g/mol. The second kappa shape index (κ2) is 8.92. The zero-order valence-electron chi connectivity index (χ0n) is 6.26. The van der Waals surface area contributed by atoms with Crippen LogP contribution in [0.2, 0.25) is 0 Å². The Bertz CT molecular complexity index is 167. The van der Waals surface area contributed by atoms with Crippen LogP contribution in [-0.4, -0.2) is 33.8 Å². The molecule has 2 N–H and O–H groups in total. The fraction of sp³-hybridized carbons (Fsp3) is 0.250. The summed E-state index contributed by atoms with van der Waals surface area (Å²) in [7, 11) is 0. The first-order valence-electron chi connectivity index (χ1n) is 3.17. The van der Waals surface area contributed by atoms with E-state index in [1.165, 1.54) is 5.56 Å². The van der Waals surface area contributed by atoms with Gasteiger partial charge in [0.05, 0.1) is 0 Å². The fourth-order valence-corrected chi connectivity index (χ4v) is 0.811. The first-order chi connectivity index (χ1) is 4.43. The van der Waals surface area contributed by atoms with Gasteiger partial charge in [0.1, 0.15) is 0 Å². The summed E-state index contributed by atoms with van der Waals surface area (Å²) in [4.78, 5) is 0. The van der Waals surface area contributed by atoms with E-state index in [0.29, 0.717) is 0 Å². The average Bonchev–Trinajstić information content (AvgIpc) is 1.91. The average molecular weight is 455 g/mol. The number of benzene rings is 1. The summed E-state index contributed by atoms with van der Waals surface area (Å²) in [5.74, 6) is 0. The molecule has 1 aromatic carbocycles. The van der Waals surface area contributed by atoms with E-state index in [1.54, 1.807) is 0 Å². The molecule has 0 fully saturated rings. The summed E-state index contributed by atoms with van der Waals surface area (Å²) >= 11 is 0. The van der Waals surface area contributed by atoms with Crippen LogP contribution in [0.5, 0.6) is 0 Å². The standard InChI is InChI=1S/C8H11N.I.Pb/c9-7-6-8-4-2-1-3-5-8;;/h1-5H,6-7,9H2;;. The van der Waals surface area contributed by atoms with Crippen molar-refractivity contribution in [2.45, 2.75) is 6.42 Å². The monoisotopic (exact) mass is 456 g/mol. The van der Waals surface area contributed by atoms with E-state index in [-0.39, 0.29) is 51.3 Å². The zero-order chi connectivity index (χ0) is 6.53. The Kier molecular flexibility index (Phi) is 11.7. The van der Waals surface area contributed by atoms with Gasteiger partial charge in [-0.2, -0.15) is 0 Å². The smallest absolute Gasteiger partial charge is 0 e. The van der Waals surface area contributed by atoms with E-state index in [4.69, 9.17) is 5.73 Å². The molecule has 59 valence electrons. The molecule has 0 atom stereocenters. The van der Waals surface area contributed by atoms with Gasteiger partial charge in [-0.25, -0.2) is 0 Å². The van der Waals surface area contributed by atoms with E-state index in [1.807, 2.05) is 18.2 Å². The quantitative estimate of drug-likeness (QED) is 0.534. The van der Waals surface area contributed by atoms with Crippen molar-refractivity contribution in [2.24, 2.45) is 5.73 Å². The molecule has 3 heteroatoms. The van der Waals surface area contributed by atoms with Gasteiger partial charge in [0.15, 0.2) is 0 Å². The second-order valence-electron chi connectivity index (χ2n) is 2.02. The van der Waals surface area contributed by atoms with Crippen molar-refractivity contribution in [1.82, 2.24) is 0 Å². The van der Waals surface area contributed by atoms with Crippen LogP contribution in [0.3, 0.4) is 0 Å². The van der Waals surface area contributed by atoms with Gasteiger partial charge in [0.25, 0.3) is 0 Å². The summed E-state index contributed by atoms with van der Waals surface area (Å²) in [6, 6.07) is 10.3. The van der Waals surface area contributed by atoms with Gasteiger partial charge in [-0.1, -0.05) is 30.3 Å². The Morgan fingerprint density at radius 3 is 2.09 bits per heavy atom. The first kappa shape index (κ1) is 14.4. The minimum atomic E-state index is 0. The van der Waals surface area contributed by atoms with E-state index in [0.717, 1.165) is 13.0 Å². The van der Waals surface area contributed by atoms with Crippen LogP contribution in [0, 0.1) is 0 Å². The molecule has 11 heavy (non-hydrogen) atoms. The molecule has 0 aliphatic rings. The molecule has 0 bridgehead atoms. The molecule has 1 rings (SSSR count). The summed E-state index contributed by atoms with van der Waals surface area (Å²) in [5, 5.41) is 0. The van der Waals surface area contributed by atoms with Crippen molar-refractivity contribution >= 4 is 51.3 Å². The predicted molar refractivity (Wildman–Crippen MR) is 59.0 cm³/mol. The summed E-state index contributed by atoms with van der Waals surface area (Å²) in [5.41, 5.74) is 6.68. The molecule has 0 amide bonds. The van der Waals surface area contributed by atoms with Gasteiger partial charge in [-0.05, 0) is 18.5 Å². The van der Waals surface area contributed by atoms with Crippen molar-refractivity contribution < 1.29 is 0 Å². The molecule has 0 aromatic heterocycles. The van der Waals surface area contributed by atoms with Crippen LogP contribution in [-0.2, 0) is 6.42 Å². The molecular formula is C8H11INPb. The summed E-state index contributed by atoms with van der Waals surface area (Å²) < 4.78 is 0. The van der Waals surface area contributed by atoms with E-state index >= 15 is 0 Å². The maximum absolute atomic E-state index is 5.36. The van der Waals surface area contributed by atoms with Gasteiger partial charge in [-0.15, -0.1) is 0 Å². The van der Waals surface area contributed by atoms with Crippen LogP contribution >= 0.6 is 24.0 Å². The Labute approximate surface area is 105 Å². The predicted octanol–water partition coefficient (Wildman–Crippen LogP) is 1.69. The van der Waals surface area contributed by atoms with Crippen LogP contribution in [0.25, 0.3) is 0 Å². The third-order valence-electron chi connectivity index (χ3n) is 1.28. The molecule has 1 aromatic rings.